The minimum atomic E-state index is -0.453. The molecule has 2 heterocycles. The van der Waals surface area contributed by atoms with Crippen LogP contribution in [0.5, 0.6) is 11.5 Å². The third kappa shape index (κ3) is 3.72. The van der Waals surface area contributed by atoms with Gasteiger partial charge < -0.3 is 25.0 Å². The number of carbonyl (C=O) groups is 2. The van der Waals surface area contributed by atoms with Gasteiger partial charge in [-0.05, 0) is 43.9 Å². The van der Waals surface area contributed by atoms with Crippen molar-refractivity contribution in [1.82, 2.24) is 15.5 Å². The maximum Gasteiger partial charge on any atom is 0.318 e. The zero-order valence-electron chi connectivity index (χ0n) is 13.8. The summed E-state index contributed by atoms with van der Waals surface area (Å²) in [6.07, 6.45) is 2.56. The summed E-state index contributed by atoms with van der Waals surface area (Å²) in [6, 6.07) is 4.98. The van der Waals surface area contributed by atoms with Crippen LogP contribution in [-0.2, 0) is 11.3 Å². The monoisotopic (exact) mass is 333 g/mol. The summed E-state index contributed by atoms with van der Waals surface area (Å²) < 4.78 is 10.7. The molecule has 2 aliphatic rings. The molecule has 1 saturated heterocycles. The second-order valence-corrected chi connectivity index (χ2v) is 5.99. The van der Waals surface area contributed by atoms with E-state index in [1.165, 1.54) is 0 Å². The van der Waals surface area contributed by atoms with E-state index in [0.29, 0.717) is 31.8 Å². The van der Waals surface area contributed by atoms with E-state index in [-0.39, 0.29) is 18.7 Å². The van der Waals surface area contributed by atoms with Crippen LogP contribution in [0.15, 0.2) is 18.2 Å². The van der Waals surface area contributed by atoms with Crippen molar-refractivity contribution in [2.24, 2.45) is 0 Å². The number of urea groups is 1. The molecule has 0 aliphatic carbocycles. The molecule has 3 amide bonds. The molecule has 0 spiro atoms. The van der Waals surface area contributed by atoms with E-state index in [9.17, 15) is 9.59 Å². The fourth-order valence-electron chi connectivity index (χ4n) is 2.90. The van der Waals surface area contributed by atoms with Crippen LogP contribution in [0.4, 0.5) is 4.79 Å². The normalized spacial score (nSPS) is 19.4. The lowest BCUT2D eigenvalue weighted by Gasteiger charge is -2.24. The van der Waals surface area contributed by atoms with E-state index in [2.05, 4.69) is 10.6 Å². The van der Waals surface area contributed by atoms with Gasteiger partial charge in [-0.1, -0.05) is 6.07 Å². The molecule has 0 saturated carbocycles. The third-order valence-electron chi connectivity index (χ3n) is 4.31. The second-order valence-electron chi connectivity index (χ2n) is 5.99. The van der Waals surface area contributed by atoms with Gasteiger partial charge in [0.1, 0.15) is 6.04 Å². The van der Waals surface area contributed by atoms with Gasteiger partial charge >= 0.3 is 6.03 Å². The Morgan fingerprint density at radius 1 is 1.33 bits per heavy atom. The Hall–Kier alpha value is -2.44. The number of nitrogens with zero attached hydrogens (tertiary/aromatic N) is 1. The van der Waals surface area contributed by atoms with Crippen LogP contribution >= 0.6 is 0 Å². The number of carbonyl (C=O) groups excluding carboxylic acids is 2. The summed E-state index contributed by atoms with van der Waals surface area (Å²) in [7, 11) is 0. The van der Waals surface area contributed by atoms with Gasteiger partial charge in [0.25, 0.3) is 0 Å². The molecule has 0 bridgehead atoms. The number of benzene rings is 1. The van der Waals surface area contributed by atoms with Crippen molar-refractivity contribution < 1.29 is 19.1 Å². The molecular formula is C17H23N3O4. The standard InChI is InChI=1S/C17H23N3O4/c1-2-20(10-12-6-7-14-15(9-12)24-11-23-14)17(22)19-13-5-3-4-8-18-16(13)21/h6-7,9,13H,2-5,8,10-11H2,1H3,(H,18,21)(H,19,22)/t13-/m0/s1. The highest BCUT2D eigenvalue weighted by atomic mass is 16.7. The topological polar surface area (TPSA) is 79.9 Å². The number of rotatable bonds is 4. The smallest absolute Gasteiger partial charge is 0.318 e. The summed E-state index contributed by atoms with van der Waals surface area (Å²) in [6.45, 7) is 3.83. The van der Waals surface area contributed by atoms with Crippen LogP contribution in [0.2, 0.25) is 0 Å². The van der Waals surface area contributed by atoms with E-state index in [4.69, 9.17) is 9.47 Å². The Morgan fingerprint density at radius 3 is 3.00 bits per heavy atom. The Morgan fingerprint density at radius 2 is 2.17 bits per heavy atom. The average Bonchev–Trinajstić information content (AvgIpc) is 2.96. The van der Waals surface area contributed by atoms with Crippen molar-refractivity contribution in [3.05, 3.63) is 23.8 Å². The summed E-state index contributed by atoms with van der Waals surface area (Å²) in [5, 5.41) is 5.68. The van der Waals surface area contributed by atoms with Crippen LogP contribution in [0.3, 0.4) is 0 Å². The van der Waals surface area contributed by atoms with Crippen molar-refractivity contribution in [3.63, 3.8) is 0 Å². The Bertz CT molecular complexity index is 620. The molecule has 1 aromatic rings. The lowest BCUT2D eigenvalue weighted by molar-refractivity contribution is -0.122. The first kappa shape index (κ1) is 16.4. The second kappa shape index (κ2) is 7.42. The molecule has 24 heavy (non-hydrogen) atoms. The third-order valence-corrected chi connectivity index (χ3v) is 4.31. The molecule has 2 N–H and O–H groups in total. The Balaban J connectivity index is 1.62. The molecule has 2 aliphatic heterocycles. The zero-order valence-corrected chi connectivity index (χ0v) is 13.8. The maximum atomic E-state index is 12.5. The average molecular weight is 333 g/mol. The lowest BCUT2D eigenvalue weighted by Crippen LogP contribution is -2.50. The molecule has 1 fully saturated rings. The van der Waals surface area contributed by atoms with Crippen molar-refractivity contribution in [1.29, 1.82) is 0 Å². The van der Waals surface area contributed by atoms with Gasteiger partial charge in [0, 0.05) is 19.6 Å². The molecule has 0 unspecified atom stereocenters. The fraction of sp³-hybridized carbons (Fsp3) is 0.529. The van der Waals surface area contributed by atoms with Crippen molar-refractivity contribution in [2.75, 3.05) is 19.9 Å². The van der Waals surface area contributed by atoms with Crippen LogP contribution in [0.1, 0.15) is 31.7 Å². The first-order chi connectivity index (χ1) is 11.7. The number of fused-ring (bicyclic) bond motifs is 1. The van der Waals surface area contributed by atoms with Gasteiger partial charge in [0.2, 0.25) is 12.7 Å². The minimum Gasteiger partial charge on any atom is -0.454 e. The molecule has 0 aromatic heterocycles. The molecule has 7 nitrogen and oxygen atoms in total. The molecule has 0 radical (unpaired) electrons. The van der Waals surface area contributed by atoms with Crippen LogP contribution in [0.25, 0.3) is 0 Å². The first-order valence-corrected chi connectivity index (χ1v) is 8.39. The van der Waals surface area contributed by atoms with Gasteiger partial charge in [-0.2, -0.15) is 0 Å². The first-order valence-electron chi connectivity index (χ1n) is 8.39. The maximum absolute atomic E-state index is 12.5. The highest BCUT2D eigenvalue weighted by Gasteiger charge is 2.24. The van der Waals surface area contributed by atoms with E-state index in [1.807, 2.05) is 25.1 Å². The van der Waals surface area contributed by atoms with Crippen LogP contribution < -0.4 is 20.1 Å². The van der Waals surface area contributed by atoms with Gasteiger partial charge in [0.15, 0.2) is 11.5 Å². The van der Waals surface area contributed by atoms with E-state index in [0.717, 1.165) is 24.2 Å². The molecule has 1 atom stereocenters. The molecule has 1 aromatic carbocycles. The largest absolute Gasteiger partial charge is 0.454 e. The number of amides is 3. The number of hydrogen-bond donors (Lipinski definition) is 2. The quantitative estimate of drug-likeness (QED) is 0.877. The highest BCUT2D eigenvalue weighted by Crippen LogP contribution is 2.32. The Kier molecular flexibility index (Phi) is 5.08. The predicted molar refractivity (Wildman–Crippen MR) is 87.8 cm³/mol. The van der Waals surface area contributed by atoms with Gasteiger partial charge in [-0.3, -0.25) is 4.79 Å². The number of nitrogens with one attached hydrogen (secondary N) is 2. The number of hydrogen-bond acceptors (Lipinski definition) is 4. The van der Waals surface area contributed by atoms with Gasteiger partial charge in [-0.15, -0.1) is 0 Å². The summed E-state index contributed by atoms with van der Waals surface area (Å²) in [5.41, 5.74) is 0.960. The molecule has 130 valence electrons. The number of ether oxygens (including phenoxy) is 2. The molecule has 3 rings (SSSR count). The van der Waals surface area contributed by atoms with Crippen LogP contribution in [-0.4, -0.2) is 42.8 Å². The fourth-order valence-corrected chi connectivity index (χ4v) is 2.90. The van der Waals surface area contributed by atoms with Gasteiger partial charge in [0.05, 0.1) is 0 Å². The van der Waals surface area contributed by atoms with Crippen molar-refractivity contribution in [2.45, 2.75) is 38.8 Å². The lowest BCUT2D eigenvalue weighted by atomic mass is 10.1. The summed E-state index contributed by atoms with van der Waals surface area (Å²) in [4.78, 5) is 26.2. The van der Waals surface area contributed by atoms with Crippen molar-refractivity contribution in [3.8, 4) is 11.5 Å². The highest BCUT2D eigenvalue weighted by molar-refractivity contribution is 5.87. The predicted octanol–water partition coefficient (Wildman–Crippen LogP) is 1.62. The van der Waals surface area contributed by atoms with E-state index in [1.54, 1.807) is 4.90 Å². The molecule has 7 heteroatoms. The van der Waals surface area contributed by atoms with E-state index < -0.39 is 6.04 Å². The minimum absolute atomic E-state index is 0.0972. The summed E-state index contributed by atoms with van der Waals surface area (Å²) in [5.74, 6) is 1.33. The zero-order chi connectivity index (χ0) is 16.9. The van der Waals surface area contributed by atoms with Crippen molar-refractivity contribution >= 4 is 11.9 Å². The SMILES string of the molecule is CCN(Cc1ccc2c(c1)OCO2)C(=O)N[C@H]1CCCCNC1=O. The Labute approximate surface area is 141 Å². The molecular weight excluding hydrogens is 310 g/mol. The summed E-state index contributed by atoms with van der Waals surface area (Å²) >= 11 is 0. The van der Waals surface area contributed by atoms with E-state index >= 15 is 0 Å². The van der Waals surface area contributed by atoms with Crippen LogP contribution in [0, 0.1) is 0 Å². The van der Waals surface area contributed by atoms with Gasteiger partial charge in [-0.25, -0.2) is 4.79 Å².